The number of hydrogen-bond donors (Lipinski definition) is 1. The average molecular weight is 306 g/mol. The van der Waals surface area contributed by atoms with Crippen LogP contribution in [-0.2, 0) is 0 Å². The van der Waals surface area contributed by atoms with Crippen LogP contribution in [0.25, 0.3) is 5.69 Å². The highest BCUT2D eigenvalue weighted by Crippen LogP contribution is 2.16. The van der Waals surface area contributed by atoms with E-state index in [2.05, 4.69) is 10.1 Å². The molecule has 0 fully saturated rings. The lowest BCUT2D eigenvalue weighted by molar-refractivity contribution is 0.0314. The van der Waals surface area contributed by atoms with E-state index >= 15 is 0 Å². The molecule has 0 radical (unpaired) electrons. The zero-order valence-electron chi connectivity index (χ0n) is 12.8. The van der Waals surface area contributed by atoms with Gasteiger partial charge in [-0.05, 0) is 39.0 Å². The first-order chi connectivity index (χ1) is 10.3. The van der Waals surface area contributed by atoms with Gasteiger partial charge in [0.05, 0.1) is 5.60 Å². The SMILES string of the molecule is CCN(CC(C)(C)O)C(=O)c1ccc(-n2cncn2)c(F)c1. The van der Waals surface area contributed by atoms with Gasteiger partial charge in [0.2, 0.25) is 0 Å². The molecule has 118 valence electrons. The van der Waals surface area contributed by atoms with Crippen LogP contribution in [0.1, 0.15) is 31.1 Å². The summed E-state index contributed by atoms with van der Waals surface area (Å²) in [7, 11) is 0. The molecule has 0 bridgehead atoms. The number of hydrogen-bond acceptors (Lipinski definition) is 4. The fourth-order valence-corrected chi connectivity index (χ4v) is 2.14. The first-order valence-corrected chi connectivity index (χ1v) is 6.98. The van der Waals surface area contributed by atoms with Crippen molar-refractivity contribution >= 4 is 5.91 Å². The lowest BCUT2D eigenvalue weighted by Crippen LogP contribution is -2.42. The van der Waals surface area contributed by atoms with Crippen LogP contribution in [0.5, 0.6) is 0 Å². The molecule has 0 saturated heterocycles. The van der Waals surface area contributed by atoms with E-state index in [4.69, 9.17) is 0 Å². The summed E-state index contributed by atoms with van der Waals surface area (Å²) in [6.45, 7) is 5.66. The molecule has 0 aliphatic rings. The van der Waals surface area contributed by atoms with Crippen molar-refractivity contribution in [2.24, 2.45) is 0 Å². The summed E-state index contributed by atoms with van der Waals surface area (Å²) in [5.74, 6) is -0.885. The molecule has 1 aromatic heterocycles. The molecule has 0 saturated carbocycles. The molecule has 7 heteroatoms. The van der Waals surface area contributed by atoms with Crippen molar-refractivity contribution < 1.29 is 14.3 Å². The van der Waals surface area contributed by atoms with E-state index in [0.29, 0.717) is 6.54 Å². The van der Waals surface area contributed by atoms with Crippen LogP contribution >= 0.6 is 0 Å². The Bertz CT molecular complexity index is 650. The number of nitrogens with zero attached hydrogens (tertiary/aromatic N) is 4. The van der Waals surface area contributed by atoms with Gasteiger partial charge >= 0.3 is 0 Å². The molecule has 22 heavy (non-hydrogen) atoms. The number of amides is 1. The fourth-order valence-electron chi connectivity index (χ4n) is 2.14. The second-order valence-corrected chi connectivity index (χ2v) is 5.64. The highest BCUT2D eigenvalue weighted by Gasteiger charge is 2.23. The van der Waals surface area contributed by atoms with Gasteiger partial charge < -0.3 is 10.0 Å². The zero-order chi connectivity index (χ0) is 16.3. The van der Waals surface area contributed by atoms with Crippen LogP contribution in [0.15, 0.2) is 30.9 Å². The fraction of sp³-hybridized carbons (Fsp3) is 0.400. The topological polar surface area (TPSA) is 71.2 Å². The number of carbonyl (C=O) groups is 1. The molecule has 1 heterocycles. The maximum atomic E-state index is 14.2. The van der Waals surface area contributed by atoms with Gasteiger partial charge in [-0.1, -0.05) is 0 Å². The Labute approximate surface area is 128 Å². The molecule has 1 aromatic carbocycles. The summed E-state index contributed by atoms with van der Waals surface area (Å²) >= 11 is 0. The highest BCUT2D eigenvalue weighted by atomic mass is 19.1. The third-order valence-electron chi connectivity index (χ3n) is 3.11. The van der Waals surface area contributed by atoms with Crippen LogP contribution in [0.3, 0.4) is 0 Å². The van der Waals surface area contributed by atoms with E-state index in [1.54, 1.807) is 13.8 Å². The standard InChI is InChI=1S/C15H19FN4O2/c1-4-19(8-15(2,3)22)14(21)11-5-6-13(12(16)7-11)20-10-17-9-18-20/h5-7,9-10,22H,4,8H2,1-3H3. The number of benzene rings is 1. The highest BCUT2D eigenvalue weighted by molar-refractivity contribution is 5.94. The maximum absolute atomic E-state index is 14.2. The molecule has 0 aliphatic heterocycles. The van der Waals surface area contributed by atoms with Gasteiger partial charge in [-0.2, -0.15) is 5.10 Å². The van der Waals surface area contributed by atoms with Crippen molar-refractivity contribution in [1.29, 1.82) is 0 Å². The Balaban J connectivity index is 2.25. The number of rotatable bonds is 5. The number of aliphatic hydroxyl groups is 1. The van der Waals surface area contributed by atoms with E-state index in [1.807, 2.05) is 6.92 Å². The Hall–Kier alpha value is -2.28. The third-order valence-corrected chi connectivity index (χ3v) is 3.11. The van der Waals surface area contributed by atoms with Crippen LogP contribution in [0.4, 0.5) is 4.39 Å². The largest absolute Gasteiger partial charge is 0.389 e. The monoisotopic (exact) mass is 306 g/mol. The van der Waals surface area contributed by atoms with Crippen LogP contribution < -0.4 is 0 Å². The van der Waals surface area contributed by atoms with Gasteiger partial charge in [0.15, 0.2) is 0 Å². The first kappa shape index (κ1) is 16.1. The number of carbonyl (C=O) groups excluding carboxylic acids is 1. The molecular formula is C15H19FN4O2. The molecule has 6 nitrogen and oxygen atoms in total. The summed E-state index contributed by atoms with van der Waals surface area (Å²) in [6, 6.07) is 4.19. The van der Waals surface area contributed by atoms with Crippen molar-refractivity contribution in [2.75, 3.05) is 13.1 Å². The molecule has 1 N–H and O–H groups in total. The Morgan fingerprint density at radius 2 is 2.18 bits per heavy atom. The molecular weight excluding hydrogens is 287 g/mol. The minimum absolute atomic E-state index is 0.175. The summed E-state index contributed by atoms with van der Waals surface area (Å²) in [5.41, 5.74) is -0.558. The molecule has 0 aliphatic carbocycles. The van der Waals surface area contributed by atoms with Crippen LogP contribution in [-0.4, -0.2) is 49.4 Å². The molecule has 0 atom stereocenters. The van der Waals surface area contributed by atoms with E-state index < -0.39 is 11.4 Å². The number of aromatic nitrogens is 3. The molecule has 2 rings (SSSR count). The van der Waals surface area contributed by atoms with E-state index in [0.717, 1.165) is 0 Å². The summed E-state index contributed by atoms with van der Waals surface area (Å²) in [6.07, 6.45) is 2.69. The zero-order valence-corrected chi connectivity index (χ0v) is 12.8. The lowest BCUT2D eigenvalue weighted by Gasteiger charge is -2.28. The second-order valence-electron chi connectivity index (χ2n) is 5.64. The number of likely N-dealkylation sites (N-methyl/N-ethyl adjacent to an activating group) is 1. The van der Waals surface area contributed by atoms with Crippen molar-refractivity contribution in [3.05, 3.63) is 42.2 Å². The Morgan fingerprint density at radius 3 is 2.68 bits per heavy atom. The Morgan fingerprint density at radius 1 is 1.45 bits per heavy atom. The molecule has 0 unspecified atom stereocenters. The Kier molecular flexibility index (Phi) is 4.56. The summed E-state index contributed by atoms with van der Waals surface area (Å²) in [4.78, 5) is 17.7. The predicted octanol–water partition coefficient (Wildman–Crippen LogP) is 1.64. The lowest BCUT2D eigenvalue weighted by atomic mass is 10.1. The van der Waals surface area contributed by atoms with E-state index in [1.165, 1.54) is 40.4 Å². The van der Waals surface area contributed by atoms with Gasteiger partial charge in [0, 0.05) is 18.7 Å². The maximum Gasteiger partial charge on any atom is 0.254 e. The van der Waals surface area contributed by atoms with Gasteiger partial charge in [-0.3, -0.25) is 4.79 Å². The second kappa shape index (κ2) is 6.23. The summed E-state index contributed by atoms with van der Waals surface area (Å²) in [5, 5.41) is 13.7. The quantitative estimate of drug-likeness (QED) is 0.911. The molecule has 1 amide bonds. The predicted molar refractivity (Wildman–Crippen MR) is 79.2 cm³/mol. The van der Waals surface area contributed by atoms with Crippen molar-refractivity contribution in [2.45, 2.75) is 26.4 Å². The van der Waals surface area contributed by atoms with Gasteiger partial charge in [0.25, 0.3) is 5.91 Å². The minimum atomic E-state index is -1.01. The first-order valence-electron chi connectivity index (χ1n) is 6.98. The normalized spacial score (nSPS) is 11.5. The molecule has 2 aromatic rings. The van der Waals surface area contributed by atoms with Crippen molar-refractivity contribution in [3.8, 4) is 5.69 Å². The average Bonchev–Trinajstić information content (AvgIpc) is 2.96. The summed E-state index contributed by atoms with van der Waals surface area (Å²) < 4.78 is 15.5. The van der Waals surface area contributed by atoms with Gasteiger partial charge in [-0.15, -0.1) is 0 Å². The third kappa shape index (κ3) is 3.67. The van der Waals surface area contributed by atoms with Crippen molar-refractivity contribution in [1.82, 2.24) is 19.7 Å². The van der Waals surface area contributed by atoms with Gasteiger partial charge in [0.1, 0.15) is 24.2 Å². The smallest absolute Gasteiger partial charge is 0.254 e. The van der Waals surface area contributed by atoms with Crippen molar-refractivity contribution in [3.63, 3.8) is 0 Å². The van der Waals surface area contributed by atoms with Gasteiger partial charge in [-0.25, -0.2) is 14.1 Å². The number of halogens is 1. The van der Waals surface area contributed by atoms with E-state index in [-0.39, 0.29) is 23.7 Å². The van der Waals surface area contributed by atoms with Crippen LogP contribution in [0, 0.1) is 5.82 Å². The minimum Gasteiger partial charge on any atom is -0.389 e. The molecule has 0 spiro atoms. The van der Waals surface area contributed by atoms with Crippen LogP contribution in [0.2, 0.25) is 0 Å². The van der Waals surface area contributed by atoms with E-state index in [9.17, 15) is 14.3 Å².